The summed E-state index contributed by atoms with van der Waals surface area (Å²) in [6.45, 7) is 8.09. The number of nitrogens with zero attached hydrogens (tertiary/aromatic N) is 7. The number of aromatic nitrogens is 4. The number of nitrogen functional groups attached to an aromatic ring is 1. The summed E-state index contributed by atoms with van der Waals surface area (Å²) in [5.74, 6) is 1.05. The molecule has 3 fully saturated rings. The van der Waals surface area contributed by atoms with E-state index in [0.29, 0.717) is 47.6 Å². The van der Waals surface area contributed by atoms with E-state index < -0.39 is 0 Å². The van der Waals surface area contributed by atoms with E-state index in [0.717, 1.165) is 63.4 Å². The Balaban J connectivity index is 1.16. The molecule has 5 heterocycles. The van der Waals surface area contributed by atoms with Crippen molar-refractivity contribution >= 4 is 28.7 Å². The number of piperidine rings is 1. The highest BCUT2D eigenvalue weighted by atomic mass is 16.2. The number of fused-ring (bicyclic) bond motifs is 1. The van der Waals surface area contributed by atoms with Gasteiger partial charge in [0.1, 0.15) is 5.82 Å². The maximum Gasteiger partial charge on any atom is 0.264 e. The molecule has 1 saturated carbocycles. The van der Waals surface area contributed by atoms with Gasteiger partial charge in [-0.25, -0.2) is 9.97 Å². The number of likely N-dealkylation sites (tertiary alicyclic amines) is 1. The topological polar surface area (TPSA) is 113 Å². The van der Waals surface area contributed by atoms with Crippen LogP contribution >= 0.6 is 0 Å². The molecule has 1 amide bonds. The van der Waals surface area contributed by atoms with Crippen molar-refractivity contribution in [2.45, 2.75) is 64.1 Å². The van der Waals surface area contributed by atoms with Gasteiger partial charge in [-0.15, -0.1) is 0 Å². The molecule has 0 aromatic carbocycles. The first-order valence-electron chi connectivity index (χ1n) is 13.8. The molecule has 38 heavy (non-hydrogen) atoms. The van der Waals surface area contributed by atoms with Crippen molar-refractivity contribution in [2.75, 3.05) is 43.4 Å². The van der Waals surface area contributed by atoms with E-state index in [1.807, 2.05) is 28.5 Å². The zero-order valence-corrected chi connectivity index (χ0v) is 22.2. The van der Waals surface area contributed by atoms with Gasteiger partial charge < -0.3 is 15.5 Å². The number of amides is 1. The number of pyridine rings is 2. The molecule has 1 atom stereocenters. The van der Waals surface area contributed by atoms with Crippen LogP contribution in [0.3, 0.4) is 0 Å². The highest BCUT2D eigenvalue weighted by molar-refractivity contribution is 5.98. The van der Waals surface area contributed by atoms with Gasteiger partial charge in [0.05, 0.1) is 10.9 Å². The van der Waals surface area contributed by atoms with Crippen molar-refractivity contribution in [2.24, 2.45) is 0 Å². The molecule has 0 bridgehead atoms. The van der Waals surface area contributed by atoms with Gasteiger partial charge in [-0.3, -0.25) is 19.1 Å². The minimum absolute atomic E-state index is 0.0255. The first-order valence-corrected chi connectivity index (χ1v) is 13.8. The second-order valence-corrected chi connectivity index (χ2v) is 10.8. The van der Waals surface area contributed by atoms with Crippen molar-refractivity contribution < 1.29 is 4.79 Å². The Morgan fingerprint density at radius 1 is 1.03 bits per heavy atom. The van der Waals surface area contributed by atoms with E-state index in [4.69, 9.17) is 10.7 Å². The minimum Gasteiger partial charge on any atom is -0.383 e. The quantitative estimate of drug-likeness (QED) is 0.551. The number of piperazine rings is 1. The van der Waals surface area contributed by atoms with Crippen LogP contribution in [0.1, 0.15) is 61.1 Å². The third-order valence-corrected chi connectivity index (χ3v) is 8.37. The average molecular weight is 517 g/mol. The van der Waals surface area contributed by atoms with Gasteiger partial charge in [-0.2, -0.15) is 4.98 Å². The average Bonchev–Trinajstić information content (AvgIpc) is 3.78. The molecule has 10 heteroatoms. The van der Waals surface area contributed by atoms with Crippen LogP contribution in [-0.2, 0) is 0 Å². The molecule has 0 unspecified atom stereocenters. The number of nitrogens with two attached hydrogens (primary N) is 1. The number of carbonyl (C=O) groups excluding carboxylic acids is 1. The maximum absolute atomic E-state index is 13.4. The number of anilines is 2. The normalized spacial score (nSPS) is 21.3. The van der Waals surface area contributed by atoms with E-state index in [1.165, 1.54) is 0 Å². The Labute approximate surface area is 222 Å². The van der Waals surface area contributed by atoms with Gasteiger partial charge in [0.2, 0.25) is 5.95 Å². The smallest absolute Gasteiger partial charge is 0.264 e. The largest absolute Gasteiger partial charge is 0.383 e. The van der Waals surface area contributed by atoms with Crippen LogP contribution in [0.2, 0.25) is 0 Å². The molecule has 3 aromatic heterocycles. The van der Waals surface area contributed by atoms with Gasteiger partial charge in [-0.1, -0.05) is 6.92 Å². The third-order valence-electron chi connectivity index (χ3n) is 8.37. The van der Waals surface area contributed by atoms with Gasteiger partial charge in [0.15, 0.2) is 5.65 Å². The fraction of sp³-hybridized carbons (Fsp3) is 0.536. The predicted molar refractivity (Wildman–Crippen MR) is 147 cm³/mol. The van der Waals surface area contributed by atoms with Gasteiger partial charge in [0.25, 0.3) is 11.5 Å². The summed E-state index contributed by atoms with van der Waals surface area (Å²) < 4.78 is 1.92. The molecule has 2 saturated heterocycles. The number of hydrogen-bond acceptors (Lipinski definition) is 8. The zero-order valence-electron chi connectivity index (χ0n) is 22.2. The molecule has 2 N–H and O–H groups in total. The first kappa shape index (κ1) is 24.8. The second-order valence-electron chi connectivity index (χ2n) is 10.8. The summed E-state index contributed by atoms with van der Waals surface area (Å²) in [5.41, 5.74) is 7.90. The van der Waals surface area contributed by atoms with Crippen LogP contribution in [-0.4, -0.2) is 80.0 Å². The number of rotatable bonds is 5. The lowest BCUT2D eigenvalue weighted by molar-refractivity contribution is 0.0489. The third kappa shape index (κ3) is 4.51. The molecule has 200 valence electrons. The molecule has 2 aliphatic heterocycles. The predicted octanol–water partition coefficient (Wildman–Crippen LogP) is 2.62. The van der Waals surface area contributed by atoms with Gasteiger partial charge in [-0.05, 0) is 63.3 Å². The minimum atomic E-state index is -0.0284. The molecule has 3 aliphatic rings. The summed E-state index contributed by atoms with van der Waals surface area (Å²) in [4.78, 5) is 46.8. The van der Waals surface area contributed by atoms with Crippen LogP contribution in [0.25, 0.3) is 11.0 Å². The van der Waals surface area contributed by atoms with Crippen molar-refractivity contribution in [1.29, 1.82) is 0 Å². The maximum atomic E-state index is 13.4. The Bertz CT molecular complexity index is 1410. The molecular weight excluding hydrogens is 480 g/mol. The fourth-order valence-electron chi connectivity index (χ4n) is 6.13. The molecule has 0 spiro atoms. The van der Waals surface area contributed by atoms with Crippen LogP contribution in [0.4, 0.5) is 11.8 Å². The number of aryl methyl sites for hydroxylation is 1. The van der Waals surface area contributed by atoms with Crippen LogP contribution in [0, 0.1) is 6.92 Å². The fourth-order valence-corrected chi connectivity index (χ4v) is 6.13. The first-order chi connectivity index (χ1) is 18.4. The molecule has 1 aliphatic carbocycles. The van der Waals surface area contributed by atoms with Crippen molar-refractivity contribution in [3.8, 4) is 0 Å². The van der Waals surface area contributed by atoms with Crippen LogP contribution < -0.4 is 16.2 Å². The summed E-state index contributed by atoms with van der Waals surface area (Å²) >= 11 is 0. The second kappa shape index (κ2) is 9.98. The number of carbonyl (C=O) groups is 1. The summed E-state index contributed by atoms with van der Waals surface area (Å²) in [6, 6.07) is 8.29. The molecular formula is C28H36N8O2. The van der Waals surface area contributed by atoms with E-state index in [2.05, 4.69) is 26.7 Å². The Morgan fingerprint density at radius 3 is 2.53 bits per heavy atom. The molecule has 6 rings (SSSR count). The lowest BCUT2D eigenvalue weighted by atomic mass is 9.97. The summed E-state index contributed by atoms with van der Waals surface area (Å²) in [7, 11) is 0. The van der Waals surface area contributed by atoms with E-state index in [-0.39, 0.29) is 17.5 Å². The van der Waals surface area contributed by atoms with Crippen LogP contribution in [0.5, 0.6) is 0 Å². The van der Waals surface area contributed by atoms with E-state index in [9.17, 15) is 9.59 Å². The SMILES string of the molecule is CC[C@H]1CN(c2nc3ncccc3c(=O)n2C2CC2)CCN1C1CCN(C(=O)c2ccc(C)nc2N)CC1. The monoisotopic (exact) mass is 516 g/mol. The van der Waals surface area contributed by atoms with Crippen molar-refractivity contribution in [1.82, 2.24) is 29.3 Å². The molecule has 10 nitrogen and oxygen atoms in total. The van der Waals surface area contributed by atoms with E-state index >= 15 is 0 Å². The lowest BCUT2D eigenvalue weighted by Crippen LogP contribution is -2.59. The van der Waals surface area contributed by atoms with E-state index in [1.54, 1.807) is 18.3 Å². The summed E-state index contributed by atoms with van der Waals surface area (Å²) in [6.07, 6.45) is 6.64. The highest BCUT2D eigenvalue weighted by Gasteiger charge is 2.37. The standard InChI is InChI=1S/C28H36N8O2/c1-3-19-17-34(28-32-25-23(5-4-12-30-25)27(38)36(28)21-7-8-21)15-16-35(19)20-10-13-33(14-11-20)26(37)22-9-6-18(2)31-24(22)29/h4-6,9,12,19-21H,3,7-8,10-11,13-17H2,1-2H3,(H2,29,31)/t19-/m0/s1. The Hall–Kier alpha value is -3.53. The van der Waals surface area contributed by atoms with Crippen molar-refractivity contribution in [3.05, 3.63) is 52.1 Å². The highest BCUT2D eigenvalue weighted by Crippen LogP contribution is 2.37. The Kier molecular flexibility index (Phi) is 6.51. The lowest BCUT2D eigenvalue weighted by Gasteiger charge is -2.47. The molecule has 3 aromatic rings. The molecule has 0 radical (unpaired) electrons. The summed E-state index contributed by atoms with van der Waals surface area (Å²) in [5, 5.41) is 0.596. The van der Waals surface area contributed by atoms with Crippen LogP contribution in [0.15, 0.2) is 35.3 Å². The Morgan fingerprint density at radius 2 is 1.82 bits per heavy atom. The van der Waals surface area contributed by atoms with Crippen molar-refractivity contribution in [3.63, 3.8) is 0 Å². The van der Waals surface area contributed by atoms with Gasteiger partial charge in [0, 0.05) is 62.7 Å². The van der Waals surface area contributed by atoms with Gasteiger partial charge >= 0.3 is 0 Å². The number of hydrogen-bond donors (Lipinski definition) is 1. The zero-order chi connectivity index (χ0) is 26.4.